The maximum Gasteiger partial charge on any atom is 0.235 e. The molecule has 1 heterocycles. The van der Waals surface area contributed by atoms with E-state index in [0.29, 0.717) is 6.54 Å². The van der Waals surface area contributed by atoms with Gasteiger partial charge in [-0.05, 0) is 43.5 Å². The number of anilines is 1. The van der Waals surface area contributed by atoms with Gasteiger partial charge in [0, 0.05) is 13.1 Å². The van der Waals surface area contributed by atoms with Crippen LogP contribution in [0.25, 0.3) is 0 Å². The molecule has 5 heteroatoms. The Morgan fingerprint density at radius 3 is 2.58 bits per heavy atom. The zero-order valence-electron chi connectivity index (χ0n) is 11.4. The van der Waals surface area contributed by atoms with Gasteiger partial charge in [-0.25, -0.2) is 8.42 Å². The maximum atomic E-state index is 12.0. The molecule has 1 aliphatic rings. The highest BCUT2D eigenvalue weighted by molar-refractivity contribution is 7.92. The summed E-state index contributed by atoms with van der Waals surface area (Å²) in [4.78, 5) is 0. The van der Waals surface area contributed by atoms with Crippen LogP contribution in [0.5, 0.6) is 0 Å². The zero-order chi connectivity index (χ0) is 13.7. The molecular weight excluding hydrogens is 260 g/mol. The number of sulfonamides is 1. The third-order valence-electron chi connectivity index (χ3n) is 3.33. The molecule has 106 valence electrons. The highest BCUT2D eigenvalue weighted by atomic mass is 32.2. The van der Waals surface area contributed by atoms with Gasteiger partial charge in [-0.15, -0.1) is 0 Å². The van der Waals surface area contributed by atoms with Crippen LogP contribution in [-0.2, 0) is 16.6 Å². The Morgan fingerprint density at radius 1 is 1.21 bits per heavy atom. The summed E-state index contributed by atoms with van der Waals surface area (Å²) in [5.74, 6) is 0.271. The second-order valence-electron chi connectivity index (χ2n) is 4.94. The smallest absolute Gasteiger partial charge is 0.235 e. The third-order valence-corrected chi connectivity index (χ3v) is 5.20. The average Bonchev–Trinajstić information content (AvgIpc) is 2.40. The quantitative estimate of drug-likeness (QED) is 0.842. The zero-order valence-corrected chi connectivity index (χ0v) is 12.2. The first-order valence-electron chi connectivity index (χ1n) is 6.93. The molecule has 0 atom stereocenters. The first-order valence-corrected chi connectivity index (χ1v) is 8.54. The fourth-order valence-electron chi connectivity index (χ4n) is 2.27. The molecule has 1 aromatic rings. The lowest BCUT2D eigenvalue weighted by molar-refractivity contribution is 0.574. The Bertz CT molecular complexity index is 497. The normalized spacial score (nSPS) is 18.5. The second kappa shape index (κ2) is 6.39. The highest BCUT2D eigenvalue weighted by Gasteiger charge is 2.25. The number of hydrogen-bond acceptors (Lipinski definition) is 3. The predicted molar refractivity (Wildman–Crippen MR) is 78.8 cm³/mol. The van der Waals surface area contributed by atoms with Crippen molar-refractivity contribution in [3.8, 4) is 0 Å². The lowest BCUT2D eigenvalue weighted by Gasteiger charge is -2.28. The van der Waals surface area contributed by atoms with E-state index in [2.05, 4.69) is 12.2 Å². The van der Waals surface area contributed by atoms with Crippen LogP contribution in [-0.4, -0.2) is 27.3 Å². The van der Waals surface area contributed by atoms with Crippen molar-refractivity contribution >= 4 is 15.7 Å². The van der Waals surface area contributed by atoms with Gasteiger partial charge in [-0.1, -0.05) is 19.1 Å². The van der Waals surface area contributed by atoms with Crippen molar-refractivity contribution in [3.05, 3.63) is 29.8 Å². The topological polar surface area (TPSA) is 49.4 Å². The van der Waals surface area contributed by atoms with Crippen LogP contribution >= 0.6 is 0 Å². The summed E-state index contributed by atoms with van der Waals surface area (Å²) in [6, 6.07) is 7.82. The van der Waals surface area contributed by atoms with Gasteiger partial charge in [-0.3, -0.25) is 4.31 Å². The molecule has 1 fully saturated rings. The molecule has 0 aliphatic carbocycles. The molecule has 1 N–H and O–H groups in total. The van der Waals surface area contributed by atoms with Crippen LogP contribution in [0.2, 0.25) is 0 Å². The Labute approximate surface area is 115 Å². The molecule has 0 unspecified atom stereocenters. The molecule has 0 spiro atoms. The largest absolute Gasteiger partial charge is 0.313 e. The first kappa shape index (κ1) is 14.3. The van der Waals surface area contributed by atoms with Crippen LogP contribution in [0.15, 0.2) is 24.3 Å². The van der Waals surface area contributed by atoms with Gasteiger partial charge >= 0.3 is 0 Å². The van der Waals surface area contributed by atoms with E-state index in [1.165, 1.54) is 5.56 Å². The molecule has 1 aromatic carbocycles. The SMILES string of the molecule is CCCNCc1ccc(N2CCCCS2(=O)=O)cc1. The molecule has 0 radical (unpaired) electrons. The van der Waals surface area contributed by atoms with Gasteiger partial charge in [0.25, 0.3) is 0 Å². The van der Waals surface area contributed by atoms with Crippen LogP contribution in [0.3, 0.4) is 0 Å². The standard InChI is InChI=1S/C14H22N2O2S/c1-2-9-15-12-13-5-7-14(8-6-13)16-10-3-4-11-19(16,17)18/h5-8,15H,2-4,9-12H2,1H3. The van der Waals surface area contributed by atoms with E-state index in [1.54, 1.807) is 4.31 Å². The lowest BCUT2D eigenvalue weighted by Crippen LogP contribution is -2.37. The molecule has 1 saturated heterocycles. The van der Waals surface area contributed by atoms with Crippen molar-refractivity contribution in [1.29, 1.82) is 0 Å². The first-order chi connectivity index (χ1) is 9.13. The molecule has 0 bridgehead atoms. The average molecular weight is 282 g/mol. The molecule has 1 aliphatic heterocycles. The minimum Gasteiger partial charge on any atom is -0.313 e. The molecule has 2 rings (SSSR count). The summed E-state index contributed by atoms with van der Waals surface area (Å²) in [6.45, 7) is 4.58. The van der Waals surface area contributed by atoms with Crippen molar-refractivity contribution in [2.24, 2.45) is 0 Å². The Morgan fingerprint density at radius 2 is 1.95 bits per heavy atom. The van der Waals surface area contributed by atoms with E-state index in [9.17, 15) is 8.42 Å². The van der Waals surface area contributed by atoms with E-state index in [1.807, 2.05) is 24.3 Å². The van der Waals surface area contributed by atoms with Crippen molar-refractivity contribution in [1.82, 2.24) is 5.32 Å². The number of nitrogens with one attached hydrogen (secondary N) is 1. The third kappa shape index (κ3) is 3.70. The van der Waals surface area contributed by atoms with Gasteiger partial charge < -0.3 is 5.32 Å². The Kier molecular flexibility index (Phi) is 4.82. The Hall–Kier alpha value is -1.07. The molecule has 0 aromatic heterocycles. The molecular formula is C14H22N2O2S. The molecule has 0 saturated carbocycles. The van der Waals surface area contributed by atoms with Crippen LogP contribution in [0, 0.1) is 0 Å². The predicted octanol–water partition coefficient (Wildman–Crippen LogP) is 2.12. The fraction of sp³-hybridized carbons (Fsp3) is 0.571. The molecule has 0 amide bonds. The van der Waals surface area contributed by atoms with Crippen molar-refractivity contribution in [2.75, 3.05) is 23.1 Å². The lowest BCUT2D eigenvalue weighted by atomic mass is 10.2. The van der Waals surface area contributed by atoms with E-state index in [0.717, 1.165) is 38.0 Å². The summed E-state index contributed by atoms with van der Waals surface area (Å²) in [6.07, 6.45) is 2.83. The second-order valence-corrected chi connectivity index (χ2v) is 6.95. The maximum absolute atomic E-state index is 12.0. The van der Waals surface area contributed by atoms with Crippen LogP contribution in [0.1, 0.15) is 31.7 Å². The van der Waals surface area contributed by atoms with E-state index < -0.39 is 10.0 Å². The van der Waals surface area contributed by atoms with E-state index >= 15 is 0 Å². The van der Waals surface area contributed by atoms with Crippen LogP contribution < -0.4 is 9.62 Å². The molecule has 19 heavy (non-hydrogen) atoms. The summed E-state index contributed by atoms with van der Waals surface area (Å²) in [5.41, 5.74) is 1.98. The van der Waals surface area contributed by atoms with Gasteiger partial charge in [0.05, 0.1) is 11.4 Å². The summed E-state index contributed by atoms with van der Waals surface area (Å²) >= 11 is 0. The van der Waals surface area contributed by atoms with Crippen LogP contribution in [0.4, 0.5) is 5.69 Å². The van der Waals surface area contributed by atoms with Crippen molar-refractivity contribution in [2.45, 2.75) is 32.7 Å². The molecule has 4 nitrogen and oxygen atoms in total. The van der Waals surface area contributed by atoms with Gasteiger partial charge in [-0.2, -0.15) is 0 Å². The van der Waals surface area contributed by atoms with Gasteiger partial charge in [0.15, 0.2) is 0 Å². The fourth-order valence-corrected chi connectivity index (χ4v) is 3.91. The van der Waals surface area contributed by atoms with Gasteiger partial charge in [0.2, 0.25) is 10.0 Å². The van der Waals surface area contributed by atoms with E-state index in [4.69, 9.17) is 0 Å². The van der Waals surface area contributed by atoms with Crippen molar-refractivity contribution < 1.29 is 8.42 Å². The number of hydrogen-bond donors (Lipinski definition) is 1. The van der Waals surface area contributed by atoms with Gasteiger partial charge in [0.1, 0.15) is 0 Å². The van der Waals surface area contributed by atoms with E-state index in [-0.39, 0.29) is 5.75 Å². The highest BCUT2D eigenvalue weighted by Crippen LogP contribution is 2.23. The monoisotopic (exact) mass is 282 g/mol. The summed E-state index contributed by atoms with van der Waals surface area (Å²) in [5, 5.41) is 3.33. The minimum atomic E-state index is -3.09. The van der Waals surface area contributed by atoms with Crippen molar-refractivity contribution in [3.63, 3.8) is 0 Å². The Balaban J connectivity index is 2.05. The number of nitrogens with zero attached hydrogens (tertiary/aromatic N) is 1. The minimum absolute atomic E-state index is 0.271. The number of rotatable bonds is 5. The summed E-state index contributed by atoms with van der Waals surface area (Å²) < 4.78 is 25.5. The number of benzene rings is 1. The summed E-state index contributed by atoms with van der Waals surface area (Å²) in [7, 11) is -3.09.